The van der Waals surface area contributed by atoms with Crippen LogP contribution in [-0.2, 0) is 0 Å². The number of hydrogen-bond acceptors (Lipinski definition) is 0. The zero-order valence-corrected chi connectivity index (χ0v) is 12.4. The zero-order valence-electron chi connectivity index (χ0n) is 12.4. The van der Waals surface area contributed by atoms with Crippen LogP contribution in [0.2, 0.25) is 0 Å². The number of rotatable bonds is 0. The largest absolute Gasteiger partial charge is 0.106 e. The second kappa shape index (κ2) is 72.4. The van der Waals surface area contributed by atoms with Gasteiger partial charge in [0.2, 0.25) is 0 Å². The molecule has 0 aliphatic rings. The second-order valence-electron chi connectivity index (χ2n) is 2.81. The van der Waals surface area contributed by atoms with Crippen molar-refractivity contribution in [3.63, 3.8) is 0 Å². The van der Waals surface area contributed by atoms with Gasteiger partial charge in [-0.3, -0.25) is 0 Å². The molecule has 0 heterocycles. The van der Waals surface area contributed by atoms with Crippen molar-refractivity contribution in [3.05, 3.63) is 38.0 Å². The Kier molecular flexibility index (Phi) is 141. The summed E-state index contributed by atoms with van der Waals surface area (Å²) in [5, 5.41) is 0. The molecule has 0 saturated carbocycles. The van der Waals surface area contributed by atoms with E-state index in [4.69, 9.17) is 0 Å². The molecule has 0 aliphatic heterocycles. The molecule has 0 N–H and O–H groups in total. The topological polar surface area (TPSA) is 0 Å². The Balaban J connectivity index is -0.0000000289. The van der Waals surface area contributed by atoms with Crippen LogP contribution < -0.4 is 0 Å². The third kappa shape index (κ3) is 34400. The molecule has 0 spiro atoms. The molecule has 0 bridgehead atoms. The standard InChI is InChI=1S/C4H10.C4H8.C3H6.C2H6.C2H4/c1-4(2)3;1-3-4-2;1-3-2;2*1-2/h4H,1-3H3;3-4H,1-2H3;3H,1H2,2H3;1-2H3;1-2H2/b;4-3-;;;. The Morgan fingerprint density at radius 1 is 0.800 bits per heavy atom. The first-order valence-corrected chi connectivity index (χ1v) is 5.71. The summed E-state index contributed by atoms with van der Waals surface area (Å²) >= 11 is 0. The van der Waals surface area contributed by atoms with Gasteiger partial charge in [-0.2, -0.15) is 0 Å². The molecule has 0 heteroatoms. The van der Waals surface area contributed by atoms with E-state index in [2.05, 4.69) is 40.5 Å². The van der Waals surface area contributed by atoms with Crippen LogP contribution in [0.15, 0.2) is 38.0 Å². The normalized spacial score (nSPS) is 6.47. The average Bonchev–Trinajstić information content (AvgIpc) is 2.24. The molecule has 0 amide bonds. The molecule has 0 saturated heterocycles. The van der Waals surface area contributed by atoms with Gasteiger partial charge in [-0.05, 0) is 26.7 Å². The molecule has 0 radical (unpaired) electrons. The fourth-order valence-corrected chi connectivity index (χ4v) is 0. The van der Waals surface area contributed by atoms with Crippen molar-refractivity contribution in [1.82, 2.24) is 0 Å². The SMILES string of the molecule is C/C=C\C.C=C.C=CC.CC.CC(C)C. The molecule has 94 valence electrons. The third-order valence-corrected chi connectivity index (χ3v) is 0.333. The lowest BCUT2D eigenvalue weighted by Gasteiger charge is -1.79. The van der Waals surface area contributed by atoms with Crippen LogP contribution in [-0.4, -0.2) is 0 Å². The van der Waals surface area contributed by atoms with Crippen LogP contribution in [0.4, 0.5) is 0 Å². The van der Waals surface area contributed by atoms with Crippen LogP contribution in [0.5, 0.6) is 0 Å². The Labute approximate surface area is 99.8 Å². The lowest BCUT2D eigenvalue weighted by molar-refractivity contribution is 0.737. The Bertz CT molecular complexity index is 71.3. The lowest BCUT2D eigenvalue weighted by atomic mass is 10.3. The van der Waals surface area contributed by atoms with E-state index in [0.717, 1.165) is 5.92 Å². The minimum absolute atomic E-state index is 0.833. The molecule has 0 atom stereocenters. The third-order valence-electron chi connectivity index (χ3n) is 0.333. The molecule has 15 heavy (non-hydrogen) atoms. The summed E-state index contributed by atoms with van der Waals surface area (Å²) in [6.45, 7) is 25.8. The van der Waals surface area contributed by atoms with Crippen molar-refractivity contribution in [1.29, 1.82) is 0 Å². The molecule has 0 aliphatic carbocycles. The number of allylic oxidation sites excluding steroid dienone is 3. The number of hydrogen-bond donors (Lipinski definition) is 0. The van der Waals surface area contributed by atoms with Crippen LogP contribution in [0.25, 0.3) is 0 Å². The molecule has 0 aromatic heterocycles. The Morgan fingerprint density at radius 2 is 0.867 bits per heavy atom. The van der Waals surface area contributed by atoms with Gasteiger partial charge in [0.15, 0.2) is 0 Å². The maximum atomic E-state index is 3.36. The highest BCUT2D eigenvalue weighted by atomic mass is 13.7. The highest BCUT2D eigenvalue weighted by molar-refractivity contribution is 4.68. The van der Waals surface area contributed by atoms with Crippen molar-refractivity contribution in [2.24, 2.45) is 5.92 Å². The van der Waals surface area contributed by atoms with Gasteiger partial charge >= 0.3 is 0 Å². The first kappa shape index (κ1) is 29.2. The lowest BCUT2D eigenvalue weighted by Crippen LogP contribution is -1.66. The van der Waals surface area contributed by atoms with Gasteiger partial charge in [0.05, 0.1) is 0 Å². The summed E-state index contributed by atoms with van der Waals surface area (Å²) in [7, 11) is 0. The van der Waals surface area contributed by atoms with E-state index in [1.165, 1.54) is 0 Å². The first-order chi connectivity index (χ1) is 7.06. The van der Waals surface area contributed by atoms with E-state index in [0.29, 0.717) is 0 Å². The molecular formula is C15H34. The maximum absolute atomic E-state index is 3.36. The minimum atomic E-state index is 0.833. The van der Waals surface area contributed by atoms with Crippen LogP contribution >= 0.6 is 0 Å². The van der Waals surface area contributed by atoms with Crippen molar-refractivity contribution in [2.75, 3.05) is 0 Å². The Hall–Kier alpha value is -0.780. The molecule has 0 aromatic carbocycles. The van der Waals surface area contributed by atoms with E-state index < -0.39 is 0 Å². The summed E-state index contributed by atoms with van der Waals surface area (Å²) in [4.78, 5) is 0. The highest BCUT2D eigenvalue weighted by Gasteiger charge is 1.68. The van der Waals surface area contributed by atoms with E-state index in [1.807, 2.05) is 46.8 Å². The van der Waals surface area contributed by atoms with Gasteiger partial charge in [-0.15, -0.1) is 19.7 Å². The predicted molar refractivity (Wildman–Crippen MR) is 79.5 cm³/mol. The van der Waals surface area contributed by atoms with E-state index in [-0.39, 0.29) is 0 Å². The van der Waals surface area contributed by atoms with Gasteiger partial charge in [-0.1, -0.05) is 52.8 Å². The molecule has 0 nitrogen and oxygen atoms in total. The smallest absolute Gasteiger partial charge is 0.0470 e. The maximum Gasteiger partial charge on any atom is -0.0470 e. The van der Waals surface area contributed by atoms with Gasteiger partial charge in [0, 0.05) is 0 Å². The first-order valence-electron chi connectivity index (χ1n) is 5.71. The van der Waals surface area contributed by atoms with Crippen LogP contribution in [0, 0.1) is 5.92 Å². The van der Waals surface area contributed by atoms with Crippen molar-refractivity contribution >= 4 is 0 Å². The average molecular weight is 214 g/mol. The zero-order chi connectivity index (χ0) is 13.7. The van der Waals surface area contributed by atoms with E-state index >= 15 is 0 Å². The van der Waals surface area contributed by atoms with E-state index in [9.17, 15) is 0 Å². The molecule has 0 fully saturated rings. The van der Waals surface area contributed by atoms with Crippen LogP contribution in [0.3, 0.4) is 0 Å². The van der Waals surface area contributed by atoms with Gasteiger partial charge in [0.25, 0.3) is 0 Å². The second-order valence-corrected chi connectivity index (χ2v) is 2.81. The Morgan fingerprint density at radius 3 is 0.867 bits per heavy atom. The summed E-state index contributed by atoms with van der Waals surface area (Å²) in [5.74, 6) is 0.833. The molecule has 0 rings (SSSR count). The summed E-state index contributed by atoms with van der Waals surface area (Å²) in [5.41, 5.74) is 0. The van der Waals surface area contributed by atoms with Crippen molar-refractivity contribution in [2.45, 2.75) is 55.4 Å². The fourth-order valence-electron chi connectivity index (χ4n) is 0. The van der Waals surface area contributed by atoms with Gasteiger partial charge in [-0.25, -0.2) is 0 Å². The molecule has 0 aromatic rings. The van der Waals surface area contributed by atoms with Crippen LogP contribution in [0.1, 0.15) is 55.4 Å². The van der Waals surface area contributed by atoms with Gasteiger partial charge < -0.3 is 0 Å². The predicted octanol–water partition coefficient (Wildman–Crippen LogP) is 6.27. The van der Waals surface area contributed by atoms with Crippen molar-refractivity contribution in [3.8, 4) is 0 Å². The highest BCUT2D eigenvalue weighted by Crippen LogP contribution is 1.81. The molecule has 0 unspecified atom stereocenters. The molecular weight excluding hydrogens is 180 g/mol. The van der Waals surface area contributed by atoms with E-state index in [1.54, 1.807) is 6.08 Å². The fraction of sp³-hybridized carbons (Fsp3) is 0.600. The monoisotopic (exact) mass is 214 g/mol. The summed E-state index contributed by atoms with van der Waals surface area (Å²) < 4.78 is 0. The van der Waals surface area contributed by atoms with Gasteiger partial charge in [0.1, 0.15) is 0 Å². The minimum Gasteiger partial charge on any atom is -0.106 e. The summed E-state index contributed by atoms with van der Waals surface area (Å²) in [6, 6.07) is 0. The summed E-state index contributed by atoms with van der Waals surface area (Å²) in [6.07, 6.45) is 5.75. The van der Waals surface area contributed by atoms with Crippen molar-refractivity contribution < 1.29 is 0 Å². The quantitative estimate of drug-likeness (QED) is 0.417.